The van der Waals surface area contributed by atoms with E-state index in [9.17, 15) is 5.11 Å². The van der Waals surface area contributed by atoms with Gasteiger partial charge >= 0.3 is 0 Å². The van der Waals surface area contributed by atoms with Gasteiger partial charge in [0.25, 0.3) is 0 Å². The number of quaternary nitrogens is 1. The van der Waals surface area contributed by atoms with Gasteiger partial charge in [-0.2, -0.15) is 0 Å². The van der Waals surface area contributed by atoms with Gasteiger partial charge < -0.3 is 5.11 Å². The first kappa shape index (κ1) is 22.4. The van der Waals surface area contributed by atoms with Gasteiger partial charge in [-0.1, -0.05) is 83.6 Å². The van der Waals surface area contributed by atoms with Gasteiger partial charge in [0.1, 0.15) is 19.6 Å². The molecule has 1 atom stereocenters. The molecule has 0 fully saturated rings. The summed E-state index contributed by atoms with van der Waals surface area (Å²) < 4.78 is 0.839. The van der Waals surface area contributed by atoms with Crippen LogP contribution < -0.4 is 0 Å². The number of hydrogen-bond donors (Lipinski definition) is 1. The Kier molecular flexibility index (Phi) is 13.9. The number of hydrogen-bond acceptors (Lipinski definition) is 2. The molecule has 0 saturated carbocycles. The van der Waals surface area contributed by atoms with Crippen LogP contribution in [0.3, 0.4) is 0 Å². The normalized spacial score (nSPS) is 20.1. The number of aliphatic hydroxyl groups excluding tert-OH is 1. The highest BCUT2D eigenvalue weighted by atomic mass is 16.3. The fourth-order valence-corrected chi connectivity index (χ4v) is 3.65. The Morgan fingerprint density at radius 3 is 2.00 bits per heavy atom. The van der Waals surface area contributed by atoms with E-state index in [1.807, 2.05) is 6.34 Å². The third-order valence-electron chi connectivity index (χ3n) is 5.41. The van der Waals surface area contributed by atoms with Crippen LogP contribution in [0.25, 0.3) is 0 Å². The fraction of sp³-hybridized carbons (Fsp3) is 0.864. The van der Waals surface area contributed by atoms with Gasteiger partial charge in [0.2, 0.25) is 0 Å². The number of rotatable bonds is 17. The molecular weight excluding hydrogens is 308 g/mol. The van der Waals surface area contributed by atoms with E-state index in [0.29, 0.717) is 0 Å². The minimum absolute atomic E-state index is 0.249. The molecule has 1 rings (SSSR count). The lowest BCUT2D eigenvalue weighted by atomic mass is 10.0. The van der Waals surface area contributed by atoms with Crippen LogP contribution in [0, 0.1) is 0 Å². The van der Waals surface area contributed by atoms with E-state index in [-0.39, 0.29) is 6.61 Å². The molecule has 0 saturated heterocycles. The molecule has 0 spiro atoms. The standard InChI is InChI=1S/C22H43N2O/c1-2-3-4-5-6-7-8-9-10-11-12-13-14-15-16-18-24(20-21-25)19-17-23-22-24/h15-16,22,25H,2-14,17-21H2,1H3/q+1. The van der Waals surface area contributed by atoms with Gasteiger partial charge in [-0.3, -0.25) is 4.48 Å². The minimum atomic E-state index is 0.249. The summed E-state index contributed by atoms with van der Waals surface area (Å²) in [5, 5.41) is 9.22. The van der Waals surface area contributed by atoms with Crippen molar-refractivity contribution >= 4 is 6.34 Å². The highest BCUT2D eigenvalue weighted by molar-refractivity contribution is 5.48. The van der Waals surface area contributed by atoms with Crippen LogP contribution in [0.5, 0.6) is 0 Å². The van der Waals surface area contributed by atoms with Crippen LogP contribution in [0.1, 0.15) is 90.4 Å². The van der Waals surface area contributed by atoms with Crippen LogP contribution in [-0.2, 0) is 0 Å². The van der Waals surface area contributed by atoms with Crippen LogP contribution >= 0.6 is 0 Å². The topological polar surface area (TPSA) is 32.6 Å². The highest BCUT2D eigenvalue weighted by Crippen LogP contribution is 2.13. The maximum atomic E-state index is 9.22. The van der Waals surface area contributed by atoms with Crippen molar-refractivity contribution in [2.45, 2.75) is 90.4 Å². The molecule has 25 heavy (non-hydrogen) atoms. The molecule has 1 aliphatic rings. The van der Waals surface area contributed by atoms with Crippen LogP contribution in [0.15, 0.2) is 17.1 Å². The summed E-state index contributed by atoms with van der Waals surface area (Å²) in [6.45, 7) is 6.27. The molecule has 0 amide bonds. The van der Waals surface area contributed by atoms with Gasteiger partial charge in [-0.15, -0.1) is 0 Å². The molecule has 3 heteroatoms. The predicted molar refractivity (Wildman–Crippen MR) is 110 cm³/mol. The van der Waals surface area contributed by atoms with Crippen molar-refractivity contribution in [1.82, 2.24) is 0 Å². The largest absolute Gasteiger partial charge is 0.390 e. The summed E-state index contributed by atoms with van der Waals surface area (Å²) >= 11 is 0. The molecule has 1 N–H and O–H groups in total. The van der Waals surface area contributed by atoms with Crippen molar-refractivity contribution in [3.63, 3.8) is 0 Å². The first-order chi connectivity index (χ1) is 12.3. The Labute approximate surface area is 156 Å². The predicted octanol–water partition coefficient (Wildman–Crippen LogP) is 5.48. The quantitative estimate of drug-likeness (QED) is 0.210. The molecule has 1 heterocycles. The lowest BCUT2D eigenvalue weighted by Gasteiger charge is -2.28. The summed E-state index contributed by atoms with van der Waals surface area (Å²) in [7, 11) is 0. The van der Waals surface area contributed by atoms with Crippen LogP contribution in [-0.4, -0.2) is 48.7 Å². The Morgan fingerprint density at radius 1 is 0.880 bits per heavy atom. The lowest BCUT2D eigenvalue weighted by molar-refractivity contribution is -0.822. The zero-order chi connectivity index (χ0) is 18.1. The molecule has 0 aromatic heterocycles. The summed E-state index contributed by atoms with van der Waals surface area (Å²) in [6, 6.07) is 0. The van der Waals surface area contributed by atoms with Crippen molar-refractivity contribution in [1.29, 1.82) is 0 Å². The molecule has 0 aliphatic carbocycles. The third-order valence-corrected chi connectivity index (χ3v) is 5.41. The Hall–Kier alpha value is -0.670. The van der Waals surface area contributed by atoms with Crippen molar-refractivity contribution in [3.05, 3.63) is 12.2 Å². The van der Waals surface area contributed by atoms with Crippen molar-refractivity contribution in [2.75, 3.05) is 32.8 Å². The van der Waals surface area contributed by atoms with E-state index in [4.69, 9.17) is 0 Å². The van der Waals surface area contributed by atoms with Gasteiger partial charge in [0.05, 0.1) is 13.2 Å². The number of aliphatic hydroxyl groups is 1. The minimum Gasteiger partial charge on any atom is -0.390 e. The van der Waals surface area contributed by atoms with Crippen molar-refractivity contribution in [2.24, 2.45) is 4.99 Å². The summed E-state index contributed by atoms with van der Waals surface area (Å²) in [4.78, 5) is 4.35. The van der Waals surface area contributed by atoms with E-state index in [0.717, 1.165) is 30.7 Å². The summed E-state index contributed by atoms with van der Waals surface area (Å²) in [6.07, 6.45) is 24.8. The Morgan fingerprint density at radius 2 is 1.48 bits per heavy atom. The van der Waals surface area contributed by atoms with E-state index in [1.165, 1.54) is 83.5 Å². The molecule has 0 bridgehead atoms. The van der Waals surface area contributed by atoms with E-state index in [2.05, 4.69) is 24.1 Å². The number of nitrogens with zero attached hydrogens (tertiary/aromatic N) is 2. The lowest BCUT2D eigenvalue weighted by Crippen LogP contribution is -2.47. The Bertz CT molecular complexity index is 354. The first-order valence-electron chi connectivity index (χ1n) is 11.0. The Balaban J connectivity index is 1.86. The summed E-state index contributed by atoms with van der Waals surface area (Å²) in [5.41, 5.74) is 0. The second kappa shape index (κ2) is 15.6. The third kappa shape index (κ3) is 11.5. The number of unbranched alkanes of at least 4 members (excludes halogenated alkanes) is 12. The van der Waals surface area contributed by atoms with Crippen LogP contribution in [0.4, 0.5) is 0 Å². The van der Waals surface area contributed by atoms with Gasteiger partial charge in [-0.05, 0) is 18.9 Å². The highest BCUT2D eigenvalue weighted by Gasteiger charge is 2.26. The maximum absolute atomic E-state index is 9.22. The van der Waals surface area contributed by atoms with Gasteiger partial charge in [-0.25, -0.2) is 4.99 Å². The van der Waals surface area contributed by atoms with E-state index < -0.39 is 0 Å². The average molecular weight is 352 g/mol. The van der Waals surface area contributed by atoms with Gasteiger partial charge in [0, 0.05) is 0 Å². The smallest absolute Gasteiger partial charge is 0.185 e. The second-order valence-corrected chi connectivity index (χ2v) is 7.74. The summed E-state index contributed by atoms with van der Waals surface area (Å²) in [5.74, 6) is 0. The van der Waals surface area contributed by atoms with E-state index >= 15 is 0 Å². The molecule has 0 aromatic carbocycles. The fourth-order valence-electron chi connectivity index (χ4n) is 3.65. The zero-order valence-electron chi connectivity index (χ0n) is 16.8. The molecule has 1 unspecified atom stereocenters. The average Bonchev–Trinajstić information content (AvgIpc) is 3.07. The molecule has 1 aliphatic heterocycles. The number of allylic oxidation sites excluding steroid dienone is 1. The van der Waals surface area contributed by atoms with Crippen LogP contribution in [0.2, 0.25) is 0 Å². The molecule has 0 radical (unpaired) electrons. The maximum Gasteiger partial charge on any atom is 0.185 e. The van der Waals surface area contributed by atoms with E-state index in [1.54, 1.807) is 0 Å². The molecule has 3 nitrogen and oxygen atoms in total. The zero-order valence-corrected chi connectivity index (χ0v) is 16.8. The van der Waals surface area contributed by atoms with Crippen molar-refractivity contribution < 1.29 is 9.59 Å². The monoisotopic (exact) mass is 351 g/mol. The second-order valence-electron chi connectivity index (χ2n) is 7.74. The molecule has 0 aromatic rings. The van der Waals surface area contributed by atoms with Crippen molar-refractivity contribution in [3.8, 4) is 0 Å². The first-order valence-corrected chi connectivity index (χ1v) is 11.0. The number of aliphatic imine (C=N–C) groups is 1. The van der Waals surface area contributed by atoms with Gasteiger partial charge in [0.15, 0.2) is 6.34 Å². The SMILES string of the molecule is CCCCCCCCCCCCCCC=CC[N+]1(CCO)C=NCC1. The molecule has 146 valence electrons. The molecular formula is C22H43N2O+.